The molecule has 0 amide bonds. The van der Waals surface area contributed by atoms with E-state index >= 15 is 0 Å². The van der Waals surface area contributed by atoms with Crippen molar-refractivity contribution in [2.45, 2.75) is 12.7 Å². The number of alkyl halides is 3. The summed E-state index contributed by atoms with van der Waals surface area (Å²) >= 11 is 0. The molecule has 0 radical (unpaired) electrons. The molecule has 1 N–H and O–H groups in total. The van der Waals surface area contributed by atoms with Crippen molar-refractivity contribution in [3.63, 3.8) is 0 Å². The Labute approximate surface area is 149 Å². The van der Waals surface area contributed by atoms with E-state index in [1.807, 2.05) is 0 Å². The normalized spacial score (nSPS) is 20.7. The Balaban J connectivity index is 1.71. The fraction of sp³-hybridized carbons (Fsp3) is 0.400. The summed E-state index contributed by atoms with van der Waals surface area (Å²) in [6, 6.07) is 5.36. The molecule has 3 rings (SSSR count). The lowest BCUT2D eigenvalue weighted by Crippen LogP contribution is -2.33. The summed E-state index contributed by atoms with van der Waals surface area (Å²) in [5.41, 5.74) is 0.325. The Morgan fingerprint density at radius 1 is 1.33 bits per heavy atom. The van der Waals surface area contributed by atoms with E-state index in [2.05, 4.69) is 10.1 Å². The van der Waals surface area contributed by atoms with Gasteiger partial charge in [0, 0.05) is 30.8 Å². The number of benzene rings is 1. The molecule has 1 aliphatic heterocycles. The van der Waals surface area contributed by atoms with Crippen LogP contribution >= 0.6 is 0 Å². The van der Waals surface area contributed by atoms with Gasteiger partial charge in [0.2, 0.25) is 11.7 Å². The van der Waals surface area contributed by atoms with Crippen LogP contribution in [0.2, 0.25) is 0 Å². The van der Waals surface area contributed by atoms with Gasteiger partial charge in [0.05, 0.1) is 23.3 Å². The highest BCUT2D eigenvalue weighted by molar-refractivity contribution is 5.71. The van der Waals surface area contributed by atoms with Gasteiger partial charge in [-0.2, -0.15) is 18.2 Å². The maximum Gasteiger partial charge on any atom is 0.393 e. The molecule has 2 atom stereocenters. The van der Waals surface area contributed by atoms with Crippen LogP contribution in [0.3, 0.4) is 0 Å². The molecule has 144 valence electrons. The number of carbonyl (C=O) groups is 1. The van der Waals surface area contributed by atoms with Crippen LogP contribution < -0.4 is 0 Å². The Morgan fingerprint density at radius 3 is 2.52 bits per heavy atom. The van der Waals surface area contributed by atoms with Crippen molar-refractivity contribution in [2.75, 3.05) is 13.1 Å². The molecule has 1 saturated heterocycles. The summed E-state index contributed by atoms with van der Waals surface area (Å²) in [5.74, 6) is -4.87. The predicted molar refractivity (Wildman–Crippen MR) is 82.3 cm³/mol. The third-order valence-electron chi connectivity index (χ3n) is 4.30. The van der Waals surface area contributed by atoms with Crippen molar-refractivity contribution in [1.82, 2.24) is 15.0 Å². The maximum atomic E-state index is 13.0. The van der Waals surface area contributed by atoms with Crippen LogP contribution in [0.15, 0.2) is 28.8 Å². The SMILES string of the molecule is O=C(O)[C@@H]1CN(Cc2nc(-c3ccc([N+](=O)[O-])cc3)no2)C[C@H]1C(F)(F)F. The van der Waals surface area contributed by atoms with Crippen molar-refractivity contribution >= 4 is 11.7 Å². The number of non-ortho nitro benzene ring substituents is 1. The zero-order valence-electron chi connectivity index (χ0n) is 13.6. The average molecular weight is 386 g/mol. The van der Waals surface area contributed by atoms with Crippen LogP contribution in [-0.4, -0.2) is 50.3 Å². The number of nitro groups is 1. The summed E-state index contributed by atoms with van der Waals surface area (Å²) in [6.07, 6.45) is -4.61. The fourth-order valence-electron chi connectivity index (χ4n) is 2.96. The fourth-order valence-corrected chi connectivity index (χ4v) is 2.96. The number of hydrogen-bond donors (Lipinski definition) is 1. The molecule has 0 saturated carbocycles. The zero-order valence-corrected chi connectivity index (χ0v) is 13.6. The molecule has 1 aromatic heterocycles. The van der Waals surface area contributed by atoms with Crippen LogP contribution in [0.25, 0.3) is 11.4 Å². The van der Waals surface area contributed by atoms with E-state index in [9.17, 15) is 28.1 Å². The first-order chi connectivity index (χ1) is 12.6. The number of nitro benzene ring substituents is 1. The van der Waals surface area contributed by atoms with Crippen LogP contribution in [0.4, 0.5) is 18.9 Å². The van der Waals surface area contributed by atoms with Crippen molar-refractivity contribution in [3.8, 4) is 11.4 Å². The van der Waals surface area contributed by atoms with Crippen molar-refractivity contribution in [3.05, 3.63) is 40.3 Å². The topological polar surface area (TPSA) is 123 Å². The quantitative estimate of drug-likeness (QED) is 0.614. The number of hydrogen-bond acceptors (Lipinski definition) is 7. The lowest BCUT2D eigenvalue weighted by Gasteiger charge is -2.17. The Kier molecular flexibility index (Phi) is 4.83. The summed E-state index contributed by atoms with van der Waals surface area (Å²) in [5, 5.41) is 23.4. The molecule has 1 aliphatic rings. The van der Waals surface area contributed by atoms with Crippen molar-refractivity contribution < 1.29 is 32.5 Å². The van der Waals surface area contributed by atoms with Crippen molar-refractivity contribution in [2.24, 2.45) is 11.8 Å². The number of carboxylic acid groups (broad SMARTS) is 1. The van der Waals surface area contributed by atoms with E-state index in [1.54, 1.807) is 0 Å². The number of carboxylic acids is 1. The van der Waals surface area contributed by atoms with Crippen LogP contribution in [0.5, 0.6) is 0 Å². The molecular weight excluding hydrogens is 373 g/mol. The summed E-state index contributed by atoms with van der Waals surface area (Å²) in [7, 11) is 0. The molecule has 1 fully saturated rings. The minimum absolute atomic E-state index is 0.0234. The van der Waals surface area contributed by atoms with Crippen molar-refractivity contribution in [1.29, 1.82) is 0 Å². The highest BCUT2D eigenvalue weighted by atomic mass is 19.4. The maximum absolute atomic E-state index is 13.0. The molecule has 27 heavy (non-hydrogen) atoms. The molecule has 12 heteroatoms. The average Bonchev–Trinajstić information content (AvgIpc) is 3.22. The van der Waals surface area contributed by atoms with Gasteiger partial charge in [0.15, 0.2) is 0 Å². The molecular formula is C15H13F3N4O5. The molecule has 2 aromatic rings. The van der Waals surface area contributed by atoms with Gasteiger partial charge in [-0.1, -0.05) is 5.16 Å². The Hall–Kier alpha value is -3.02. The number of halogens is 3. The molecule has 0 bridgehead atoms. The second-order valence-electron chi connectivity index (χ2n) is 6.10. The van der Waals surface area contributed by atoms with Crippen LogP contribution in [-0.2, 0) is 11.3 Å². The monoisotopic (exact) mass is 386 g/mol. The van der Waals surface area contributed by atoms with Gasteiger partial charge < -0.3 is 9.63 Å². The number of aromatic nitrogens is 2. The highest BCUT2D eigenvalue weighted by Crippen LogP contribution is 2.38. The lowest BCUT2D eigenvalue weighted by molar-refractivity contribution is -0.384. The Bertz CT molecular complexity index is 852. The molecule has 0 aliphatic carbocycles. The number of nitrogens with zero attached hydrogens (tertiary/aromatic N) is 4. The van der Waals surface area contributed by atoms with Crippen LogP contribution in [0.1, 0.15) is 5.89 Å². The van der Waals surface area contributed by atoms with E-state index in [4.69, 9.17) is 9.63 Å². The van der Waals surface area contributed by atoms with E-state index in [0.717, 1.165) is 0 Å². The lowest BCUT2D eigenvalue weighted by atomic mass is 9.96. The first-order valence-electron chi connectivity index (χ1n) is 7.74. The van der Waals surface area contributed by atoms with Gasteiger partial charge in [-0.15, -0.1) is 0 Å². The van der Waals surface area contributed by atoms with Gasteiger partial charge in [0.25, 0.3) is 5.69 Å². The van der Waals surface area contributed by atoms with Gasteiger partial charge in [-0.25, -0.2) is 0 Å². The first kappa shape index (κ1) is 18.8. The molecule has 0 unspecified atom stereocenters. The third kappa shape index (κ3) is 4.05. The number of rotatable bonds is 5. The van der Waals surface area contributed by atoms with Gasteiger partial charge in [-0.3, -0.25) is 19.8 Å². The second-order valence-corrected chi connectivity index (χ2v) is 6.10. The van der Waals surface area contributed by atoms with Gasteiger partial charge >= 0.3 is 12.1 Å². The molecule has 9 nitrogen and oxygen atoms in total. The molecule has 1 aromatic carbocycles. The van der Waals surface area contributed by atoms with E-state index in [0.29, 0.717) is 5.56 Å². The minimum atomic E-state index is -4.61. The predicted octanol–water partition coefficient (Wildman–Crippen LogP) is 2.34. The smallest absolute Gasteiger partial charge is 0.393 e. The molecule has 2 heterocycles. The standard InChI is InChI=1S/C15H13F3N4O5/c16-15(17,18)11-6-21(5-10(11)14(23)24)7-12-19-13(20-27-12)8-1-3-9(4-2-8)22(25)26/h1-4,10-11H,5-7H2,(H,23,24)/t10-,11-/m1/s1. The van der Waals surface area contributed by atoms with Crippen LogP contribution in [0, 0.1) is 22.0 Å². The van der Waals surface area contributed by atoms with E-state index in [-0.39, 0.29) is 30.5 Å². The van der Waals surface area contributed by atoms with Gasteiger partial charge in [0.1, 0.15) is 0 Å². The molecule has 0 spiro atoms. The third-order valence-corrected chi connectivity index (χ3v) is 4.30. The minimum Gasteiger partial charge on any atom is -0.481 e. The number of aliphatic carboxylic acids is 1. The summed E-state index contributed by atoms with van der Waals surface area (Å²) in [4.78, 5) is 26.5. The van der Waals surface area contributed by atoms with E-state index < -0.39 is 35.4 Å². The summed E-state index contributed by atoms with van der Waals surface area (Å²) in [6.45, 7) is -0.888. The summed E-state index contributed by atoms with van der Waals surface area (Å²) < 4.78 is 44.0. The number of likely N-dealkylation sites (tertiary alicyclic amines) is 1. The van der Waals surface area contributed by atoms with E-state index in [1.165, 1.54) is 29.2 Å². The zero-order chi connectivity index (χ0) is 19.8. The largest absolute Gasteiger partial charge is 0.481 e. The van der Waals surface area contributed by atoms with Gasteiger partial charge in [-0.05, 0) is 12.1 Å². The first-order valence-corrected chi connectivity index (χ1v) is 7.74. The second kappa shape index (κ2) is 6.95. The highest BCUT2D eigenvalue weighted by Gasteiger charge is 2.52. The Morgan fingerprint density at radius 2 is 2.00 bits per heavy atom.